The molecule has 20 heavy (non-hydrogen) atoms. The summed E-state index contributed by atoms with van der Waals surface area (Å²) in [6.45, 7) is 0. The highest BCUT2D eigenvalue weighted by atomic mass is 35.5. The van der Waals surface area contributed by atoms with E-state index in [0.717, 1.165) is 0 Å². The summed E-state index contributed by atoms with van der Waals surface area (Å²) in [7, 11) is 2.99. The molecular formula is C14H13ClN2O3. The number of amides is 1. The van der Waals surface area contributed by atoms with Crippen LogP contribution in [0.3, 0.4) is 0 Å². The lowest BCUT2D eigenvalue weighted by Gasteiger charge is -2.12. The minimum atomic E-state index is -0.340. The Kier molecular flexibility index (Phi) is 4.42. The highest BCUT2D eigenvalue weighted by Gasteiger charge is 2.14. The molecule has 2 rings (SSSR count). The van der Waals surface area contributed by atoms with Crippen LogP contribution < -0.4 is 14.8 Å². The van der Waals surface area contributed by atoms with Gasteiger partial charge in [-0.05, 0) is 12.1 Å². The van der Waals surface area contributed by atoms with Crippen molar-refractivity contribution in [2.45, 2.75) is 0 Å². The maximum Gasteiger partial charge on any atom is 0.274 e. The van der Waals surface area contributed by atoms with E-state index >= 15 is 0 Å². The van der Waals surface area contributed by atoms with Crippen molar-refractivity contribution < 1.29 is 14.3 Å². The number of nitrogens with one attached hydrogen (secondary N) is 1. The van der Waals surface area contributed by atoms with Crippen LogP contribution in [0.15, 0.2) is 36.5 Å². The SMILES string of the molecule is COc1cc(NC(=O)c2ccccn2)c(OC)cc1Cl. The number of carbonyl (C=O) groups is 1. The number of pyridine rings is 1. The first kappa shape index (κ1) is 14.1. The molecule has 0 saturated heterocycles. The Bertz CT molecular complexity index is 617. The highest BCUT2D eigenvalue weighted by Crippen LogP contribution is 2.35. The normalized spacial score (nSPS) is 9.95. The first-order chi connectivity index (χ1) is 9.65. The van der Waals surface area contributed by atoms with Crippen molar-refractivity contribution >= 4 is 23.2 Å². The Hall–Kier alpha value is -2.27. The van der Waals surface area contributed by atoms with Gasteiger partial charge in [-0.15, -0.1) is 0 Å². The van der Waals surface area contributed by atoms with E-state index in [2.05, 4.69) is 10.3 Å². The first-order valence-electron chi connectivity index (χ1n) is 5.79. The molecule has 1 aromatic heterocycles. The van der Waals surface area contributed by atoms with Crippen LogP contribution in [-0.2, 0) is 0 Å². The predicted octanol–water partition coefficient (Wildman–Crippen LogP) is 3.00. The summed E-state index contributed by atoms with van der Waals surface area (Å²) in [6, 6.07) is 8.27. The predicted molar refractivity (Wildman–Crippen MR) is 76.7 cm³/mol. The molecule has 2 aromatic rings. The van der Waals surface area contributed by atoms with Gasteiger partial charge in [0.2, 0.25) is 0 Å². The number of carbonyl (C=O) groups excluding carboxylic acids is 1. The molecule has 0 aliphatic rings. The Morgan fingerprint density at radius 2 is 1.95 bits per heavy atom. The molecule has 0 spiro atoms. The number of rotatable bonds is 4. The van der Waals surface area contributed by atoms with Crippen LogP contribution in [-0.4, -0.2) is 25.1 Å². The minimum Gasteiger partial charge on any atom is -0.495 e. The summed E-state index contributed by atoms with van der Waals surface area (Å²) < 4.78 is 10.3. The molecule has 0 saturated carbocycles. The van der Waals surface area contributed by atoms with Gasteiger partial charge in [0.15, 0.2) is 0 Å². The van der Waals surface area contributed by atoms with Crippen molar-refractivity contribution in [3.05, 3.63) is 47.2 Å². The topological polar surface area (TPSA) is 60.5 Å². The third-order valence-corrected chi connectivity index (χ3v) is 2.92. The zero-order valence-corrected chi connectivity index (χ0v) is 11.8. The number of anilines is 1. The van der Waals surface area contributed by atoms with Crippen LogP contribution in [0.5, 0.6) is 11.5 Å². The molecule has 1 amide bonds. The van der Waals surface area contributed by atoms with Gasteiger partial charge in [0.1, 0.15) is 17.2 Å². The number of aromatic nitrogens is 1. The summed E-state index contributed by atoms with van der Waals surface area (Å²) >= 11 is 6.00. The molecule has 0 aliphatic heterocycles. The average Bonchev–Trinajstić information content (AvgIpc) is 2.49. The Balaban J connectivity index is 2.31. The fourth-order valence-electron chi connectivity index (χ4n) is 1.64. The van der Waals surface area contributed by atoms with Gasteiger partial charge in [-0.2, -0.15) is 0 Å². The van der Waals surface area contributed by atoms with Crippen molar-refractivity contribution in [2.75, 3.05) is 19.5 Å². The van der Waals surface area contributed by atoms with Crippen molar-refractivity contribution in [2.24, 2.45) is 0 Å². The van der Waals surface area contributed by atoms with Crippen molar-refractivity contribution in [3.63, 3.8) is 0 Å². The molecule has 0 bridgehead atoms. The molecule has 0 radical (unpaired) electrons. The number of methoxy groups -OCH3 is 2. The lowest BCUT2D eigenvalue weighted by molar-refractivity contribution is 0.102. The molecule has 6 heteroatoms. The number of benzene rings is 1. The van der Waals surface area contributed by atoms with E-state index in [1.54, 1.807) is 36.5 Å². The van der Waals surface area contributed by atoms with Gasteiger partial charge in [0, 0.05) is 18.3 Å². The van der Waals surface area contributed by atoms with Crippen LogP contribution in [0.4, 0.5) is 5.69 Å². The maximum atomic E-state index is 12.1. The third-order valence-electron chi connectivity index (χ3n) is 2.62. The zero-order chi connectivity index (χ0) is 14.5. The van der Waals surface area contributed by atoms with Gasteiger partial charge in [-0.25, -0.2) is 0 Å². The molecule has 104 valence electrons. The zero-order valence-electron chi connectivity index (χ0n) is 11.0. The Morgan fingerprint density at radius 1 is 1.20 bits per heavy atom. The number of hydrogen-bond donors (Lipinski definition) is 1. The van der Waals surface area contributed by atoms with Gasteiger partial charge in [0.25, 0.3) is 5.91 Å². The van der Waals surface area contributed by atoms with Crippen molar-refractivity contribution in [1.29, 1.82) is 0 Å². The van der Waals surface area contributed by atoms with Gasteiger partial charge in [-0.1, -0.05) is 17.7 Å². The maximum absolute atomic E-state index is 12.1. The van der Waals surface area contributed by atoms with E-state index in [4.69, 9.17) is 21.1 Å². The summed E-state index contributed by atoms with van der Waals surface area (Å²) in [6.07, 6.45) is 1.55. The lowest BCUT2D eigenvalue weighted by atomic mass is 10.2. The van der Waals surface area contributed by atoms with Gasteiger partial charge in [0.05, 0.1) is 24.9 Å². The molecular weight excluding hydrogens is 280 g/mol. The van der Waals surface area contributed by atoms with Crippen LogP contribution >= 0.6 is 11.6 Å². The van der Waals surface area contributed by atoms with Gasteiger partial charge in [-0.3, -0.25) is 9.78 Å². The van der Waals surface area contributed by atoms with E-state index < -0.39 is 0 Å². The second-order valence-electron chi connectivity index (χ2n) is 3.86. The lowest BCUT2D eigenvalue weighted by Crippen LogP contribution is -2.14. The monoisotopic (exact) mass is 292 g/mol. The third kappa shape index (κ3) is 3.00. The summed E-state index contributed by atoms with van der Waals surface area (Å²) in [5, 5.41) is 3.12. The second-order valence-corrected chi connectivity index (χ2v) is 4.26. The molecule has 0 atom stereocenters. The van der Waals surface area contributed by atoms with Crippen molar-refractivity contribution in [1.82, 2.24) is 4.98 Å². The molecule has 1 N–H and O–H groups in total. The Labute approximate surface area is 121 Å². The van der Waals surface area contributed by atoms with E-state index in [9.17, 15) is 4.79 Å². The first-order valence-corrected chi connectivity index (χ1v) is 6.17. The average molecular weight is 293 g/mol. The number of nitrogens with zero attached hydrogens (tertiary/aromatic N) is 1. The molecule has 0 aliphatic carbocycles. The van der Waals surface area contributed by atoms with E-state index in [-0.39, 0.29) is 5.91 Å². The highest BCUT2D eigenvalue weighted by molar-refractivity contribution is 6.32. The van der Waals surface area contributed by atoms with E-state index in [0.29, 0.717) is 27.9 Å². The number of ether oxygens (including phenoxy) is 2. The summed E-state index contributed by atoms with van der Waals surface area (Å²) in [5.74, 6) is 0.553. The quantitative estimate of drug-likeness (QED) is 0.941. The van der Waals surface area contributed by atoms with E-state index in [1.165, 1.54) is 14.2 Å². The molecule has 0 unspecified atom stereocenters. The summed E-state index contributed by atoms with van der Waals surface area (Å²) in [5.41, 5.74) is 0.771. The molecule has 0 fully saturated rings. The largest absolute Gasteiger partial charge is 0.495 e. The fourth-order valence-corrected chi connectivity index (χ4v) is 1.87. The smallest absolute Gasteiger partial charge is 0.274 e. The number of halogens is 1. The Morgan fingerprint density at radius 3 is 2.55 bits per heavy atom. The standard InChI is InChI=1S/C14H13ClN2O3/c1-19-12-8-11(13(20-2)7-9(12)15)17-14(18)10-5-3-4-6-16-10/h3-8H,1-2H3,(H,17,18). The van der Waals surface area contributed by atoms with Gasteiger partial charge < -0.3 is 14.8 Å². The van der Waals surface area contributed by atoms with Crippen LogP contribution in [0.25, 0.3) is 0 Å². The van der Waals surface area contributed by atoms with Crippen molar-refractivity contribution in [3.8, 4) is 11.5 Å². The van der Waals surface area contributed by atoms with Crippen LogP contribution in [0, 0.1) is 0 Å². The van der Waals surface area contributed by atoms with Crippen LogP contribution in [0.1, 0.15) is 10.5 Å². The number of hydrogen-bond acceptors (Lipinski definition) is 4. The fraction of sp³-hybridized carbons (Fsp3) is 0.143. The summed E-state index contributed by atoms with van der Waals surface area (Å²) in [4.78, 5) is 16.0. The second kappa shape index (κ2) is 6.25. The minimum absolute atomic E-state index is 0.309. The molecule has 5 nitrogen and oxygen atoms in total. The molecule has 1 heterocycles. The van der Waals surface area contributed by atoms with Gasteiger partial charge >= 0.3 is 0 Å². The van der Waals surface area contributed by atoms with Crippen LogP contribution in [0.2, 0.25) is 5.02 Å². The molecule has 1 aromatic carbocycles. The van der Waals surface area contributed by atoms with E-state index in [1.807, 2.05) is 0 Å².